The van der Waals surface area contributed by atoms with Crippen LogP contribution in [0.4, 0.5) is 0 Å². The van der Waals surface area contributed by atoms with Crippen molar-refractivity contribution in [2.24, 2.45) is 5.92 Å². The van der Waals surface area contributed by atoms with E-state index in [1.54, 1.807) is 18.2 Å². The van der Waals surface area contributed by atoms with Gasteiger partial charge >= 0.3 is 0 Å². The molecule has 33 heavy (non-hydrogen) atoms. The SMILES string of the molecule is COc1cc(OC)cc(C(=O)NC(C(=O)N2CCCN(Cc3ccccc3)CC2)C(C)C)c1. The van der Waals surface area contributed by atoms with E-state index in [0.717, 1.165) is 26.1 Å². The number of rotatable bonds is 8. The minimum atomic E-state index is -0.602. The van der Waals surface area contributed by atoms with E-state index >= 15 is 0 Å². The molecular weight excluding hydrogens is 418 g/mol. The maximum Gasteiger partial charge on any atom is 0.252 e. The maximum absolute atomic E-state index is 13.4. The first-order valence-electron chi connectivity index (χ1n) is 11.5. The highest BCUT2D eigenvalue weighted by Crippen LogP contribution is 2.23. The quantitative estimate of drug-likeness (QED) is 0.665. The van der Waals surface area contributed by atoms with Gasteiger partial charge in [0.15, 0.2) is 0 Å². The van der Waals surface area contributed by atoms with Crippen LogP contribution in [0.25, 0.3) is 0 Å². The van der Waals surface area contributed by atoms with Gasteiger partial charge in [-0.1, -0.05) is 44.2 Å². The zero-order valence-electron chi connectivity index (χ0n) is 20.0. The van der Waals surface area contributed by atoms with E-state index in [4.69, 9.17) is 9.47 Å². The van der Waals surface area contributed by atoms with E-state index < -0.39 is 6.04 Å². The Bertz CT molecular complexity index is 910. The lowest BCUT2D eigenvalue weighted by Gasteiger charge is -2.29. The zero-order chi connectivity index (χ0) is 23.8. The number of ether oxygens (including phenoxy) is 2. The second kappa shape index (κ2) is 11.7. The van der Waals surface area contributed by atoms with E-state index in [1.165, 1.54) is 19.8 Å². The fourth-order valence-electron chi connectivity index (χ4n) is 4.06. The van der Waals surface area contributed by atoms with Gasteiger partial charge in [-0.25, -0.2) is 0 Å². The van der Waals surface area contributed by atoms with Gasteiger partial charge in [0.25, 0.3) is 5.91 Å². The van der Waals surface area contributed by atoms with Crippen molar-refractivity contribution in [3.8, 4) is 11.5 Å². The van der Waals surface area contributed by atoms with Crippen molar-refractivity contribution < 1.29 is 19.1 Å². The number of nitrogens with one attached hydrogen (secondary N) is 1. The Morgan fingerprint density at radius 2 is 1.61 bits per heavy atom. The molecule has 0 bridgehead atoms. The van der Waals surface area contributed by atoms with Gasteiger partial charge in [-0.3, -0.25) is 14.5 Å². The summed E-state index contributed by atoms with van der Waals surface area (Å²) < 4.78 is 10.5. The smallest absolute Gasteiger partial charge is 0.252 e. The number of hydrogen-bond acceptors (Lipinski definition) is 5. The summed E-state index contributed by atoms with van der Waals surface area (Å²) in [6.07, 6.45) is 0.907. The van der Waals surface area contributed by atoms with Crippen molar-refractivity contribution in [2.75, 3.05) is 40.4 Å². The third-order valence-electron chi connectivity index (χ3n) is 5.98. The monoisotopic (exact) mass is 453 g/mol. The van der Waals surface area contributed by atoms with Crippen LogP contribution < -0.4 is 14.8 Å². The van der Waals surface area contributed by atoms with Crippen LogP contribution in [0.3, 0.4) is 0 Å². The molecule has 1 saturated heterocycles. The Balaban J connectivity index is 1.65. The van der Waals surface area contributed by atoms with Crippen LogP contribution in [0.15, 0.2) is 48.5 Å². The summed E-state index contributed by atoms with van der Waals surface area (Å²) in [7, 11) is 3.08. The molecule has 3 rings (SSSR count). The molecule has 0 aromatic heterocycles. The lowest BCUT2D eigenvalue weighted by Crippen LogP contribution is -2.52. The molecule has 1 aliphatic heterocycles. The second-order valence-electron chi connectivity index (χ2n) is 8.74. The summed E-state index contributed by atoms with van der Waals surface area (Å²) in [6, 6.07) is 14.8. The molecule has 1 aliphatic rings. The summed E-state index contributed by atoms with van der Waals surface area (Å²) in [5.41, 5.74) is 1.67. The average Bonchev–Trinajstić information content (AvgIpc) is 3.07. The third kappa shape index (κ3) is 6.71. The van der Waals surface area contributed by atoms with Gasteiger partial charge < -0.3 is 19.7 Å². The molecule has 0 saturated carbocycles. The van der Waals surface area contributed by atoms with Gasteiger partial charge in [0.2, 0.25) is 5.91 Å². The lowest BCUT2D eigenvalue weighted by molar-refractivity contribution is -0.134. The molecule has 7 nitrogen and oxygen atoms in total. The molecule has 1 fully saturated rings. The highest BCUT2D eigenvalue weighted by Gasteiger charge is 2.30. The number of carbonyl (C=O) groups is 2. The standard InChI is InChI=1S/C26H35N3O4/c1-19(2)24(27-25(30)21-15-22(32-3)17-23(16-21)33-4)26(31)29-12-8-11-28(13-14-29)18-20-9-6-5-7-10-20/h5-7,9-10,15-17,19,24H,8,11-14,18H2,1-4H3,(H,27,30). The Kier molecular flexibility index (Phi) is 8.72. The Hall–Kier alpha value is -3.06. The first-order chi connectivity index (χ1) is 15.9. The number of amides is 2. The molecule has 1 atom stereocenters. The zero-order valence-corrected chi connectivity index (χ0v) is 20.0. The van der Waals surface area contributed by atoms with Crippen LogP contribution in [-0.4, -0.2) is 68.1 Å². The van der Waals surface area contributed by atoms with Crippen molar-refractivity contribution in [3.05, 3.63) is 59.7 Å². The van der Waals surface area contributed by atoms with Crippen molar-refractivity contribution in [3.63, 3.8) is 0 Å². The van der Waals surface area contributed by atoms with Crippen molar-refractivity contribution in [1.29, 1.82) is 0 Å². The predicted octanol–water partition coefficient (Wildman–Crippen LogP) is 3.19. The molecule has 2 aromatic carbocycles. The van der Waals surface area contributed by atoms with Gasteiger partial charge in [0.1, 0.15) is 17.5 Å². The van der Waals surface area contributed by atoms with E-state index in [-0.39, 0.29) is 17.7 Å². The maximum atomic E-state index is 13.4. The van der Waals surface area contributed by atoms with Crippen LogP contribution in [0.5, 0.6) is 11.5 Å². The van der Waals surface area contributed by atoms with Gasteiger partial charge in [-0.15, -0.1) is 0 Å². The Labute approximate surface area is 196 Å². The van der Waals surface area contributed by atoms with Crippen molar-refractivity contribution in [2.45, 2.75) is 32.9 Å². The fourth-order valence-corrected chi connectivity index (χ4v) is 4.06. The number of methoxy groups -OCH3 is 2. The van der Waals surface area contributed by atoms with E-state index in [0.29, 0.717) is 30.2 Å². The van der Waals surface area contributed by atoms with Gasteiger partial charge in [0, 0.05) is 44.4 Å². The molecule has 0 aliphatic carbocycles. The van der Waals surface area contributed by atoms with E-state index in [2.05, 4.69) is 34.5 Å². The van der Waals surface area contributed by atoms with Gasteiger partial charge in [0.05, 0.1) is 14.2 Å². The molecule has 2 aromatic rings. The van der Waals surface area contributed by atoms with Gasteiger partial charge in [-0.2, -0.15) is 0 Å². The summed E-state index contributed by atoms with van der Waals surface area (Å²) >= 11 is 0. The lowest BCUT2D eigenvalue weighted by atomic mass is 10.0. The Morgan fingerprint density at radius 3 is 2.21 bits per heavy atom. The number of benzene rings is 2. The van der Waals surface area contributed by atoms with Crippen LogP contribution in [0.2, 0.25) is 0 Å². The van der Waals surface area contributed by atoms with Gasteiger partial charge in [-0.05, 0) is 30.0 Å². The van der Waals surface area contributed by atoms with Crippen molar-refractivity contribution >= 4 is 11.8 Å². The minimum Gasteiger partial charge on any atom is -0.497 e. The minimum absolute atomic E-state index is 0.0326. The van der Waals surface area contributed by atoms with E-state index in [1.807, 2.05) is 24.8 Å². The third-order valence-corrected chi connectivity index (χ3v) is 5.98. The molecule has 7 heteroatoms. The van der Waals surface area contributed by atoms with E-state index in [9.17, 15) is 9.59 Å². The van der Waals surface area contributed by atoms with Crippen molar-refractivity contribution in [1.82, 2.24) is 15.1 Å². The topological polar surface area (TPSA) is 71.1 Å². The van der Waals surface area contributed by atoms with Crippen LogP contribution in [-0.2, 0) is 11.3 Å². The van der Waals surface area contributed by atoms with Crippen LogP contribution in [0, 0.1) is 5.92 Å². The van der Waals surface area contributed by atoms with Crippen LogP contribution in [0.1, 0.15) is 36.2 Å². The predicted molar refractivity (Wildman–Crippen MR) is 129 cm³/mol. The number of nitrogens with zero attached hydrogens (tertiary/aromatic N) is 2. The second-order valence-corrected chi connectivity index (χ2v) is 8.74. The summed E-state index contributed by atoms with van der Waals surface area (Å²) in [5.74, 6) is 0.656. The molecular formula is C26H35N3O4. The largest absolute Gasteiger partial charge is 0.497 e. The normalized spacial score (nSPS) is 15.6. The number of hydrogen-bond donors (Lipinski definition) is 1. The molecule has 178 valence electrons. The first kappa shape index (κ1) is 24.6. The highest BCUT2D eigenvalue weighted by molar-refractivity contribution is 5.98. The molecule has 1 heterocycles. The summed E-state index contributed by atoms with van der Waals surface area (Å²) in [4.78, 5) is 30.7. The summed E-state index contributed by atoms with van der Waals surface area (Å²) in [6.45, 7) is 7.88. The molecule has 2 amide bonds. The molecule has 1 unspecified atom stereocenters. The summed E-state index contributed by atoms with van der Waals surface area (Å²) in [5, 5.41) is 2.95. The Morgan fingerprint density at radius 1 is 0.939 bits per heavy atom. The first-order valence-corrected chi connectivity index (χ1v) is 11.5. The van der Waals surface area contributed by atoms with Crippen LogP contribution >= 0.6 is 0 Å². The molecule has 1 N–H and O–H groups in total. The molecule has 0 spiro atoms. The average molecular weight is 454 g/mol. The highest BCUT2D eigenvalue weighted by atomic mass is 16.5. The number of carbonyl (C=O) groups excluding carboxylic acids is 2. The fraction of sp³-hybridized carbons (Fsp3) is 0.462. The molecule has 0 radical (unpaired) electrons.